The Hall–Kier alpha value is -7.03. The number of aromatic nitrogens is 12. The predicted octanol–water partition coefficient (Wildman–Crippen LogP) is 8.55. The van der Waals surface area contributed by atoms with Crippen LogP contribution >= 0.6 is 34.8 Å². The van der Waals surface area contributed by atoms with Crippen molar-refractivity contribution in [2.24, 2.45) is 7.05 Å². The first-order valence-corrected chi connectivity index (χ1v) is 22.4. The lowest BCUT2D eigenvalue weighted by atomic mass is 9.81. The van der Waals surface area contributed by atoms with E-state index in [0.29, 0.717) is 45.9 Å². The van der Waals surface area contributed by atoms with E-state index in [0.717, 1.165) is 60.8 Å². The second kappa shape index (κ2) is 24.7. The molecule has 0 atom stereocenters. The number of fused-ring (bicyclic) bond motifs is 4. The molecule has 18 nitrogen and oxygen atoms in total. The monoisotopic (exact) mass is 980 g/mol. The molecule has 10 rings (SSSR count). The van der Waals surface area contributed by atoms with Crippen LogP contribution in [-0.4, -0.2) is 76.1 Å². The molecule has 2 aromatic carbocycles. The van der Waals surface area contributed by atoms with Gasteiger partial charge in [0.15, 0.2) is 5.65 Å². The SMILES string of the molecule is CC.CC.Cc1c[nH]c2nc(Cl)nc(N)c12.Cc1c[nH]c2nc(Cl)nc(N)c12.Cc1cn(-c2ccccc2)c2nc(Cl)nc(N)c12.Cc1nc(N)c2c(C)cn(C)c2n1.OB(O)c1ccccc1. The van der Waals surface area contributed by atoms with Crippen molar-refractivity contribution in [1.29, 1.82) is 0 Å². The Labute approximate surface area is 409 Å². The fourth-order valence-corrected chi connectivity index (χ4v) is 7.26. The number of rotatable bonds is 2. The van der Waals surface area contributed by atoms with Gasteiger partial charge in [-0.1, -0.05) is 76.2 Å². The van der Waals surface area contributed by atoms with Crippen LogP contribution in [-0.2, 0) is 7.05 Å². The van der Waals surface area contributed by atoms with E-state index < -0.39 is 7.12 Å². The Morgan fingerprint density at radius 3 is 1.38 bits per heavy atom. The number of anilines is 4. The first-order valence-electron chi connectivity index (χ1n) is 21.3. The fourth-order valence-electron chi connectivity index (χ4n) is 6.73. The van der Waals surface area contributed by atoms with Gasteiger partial charge >= 0.3 is 7.12 Å². The minimum Gasteiger partial charge on any atom is -0.423 e. The van der Waals surface area contributed by atoms with Crippen LogP contribution in [0.3, 0.4) is 0 Å². The van der Waals surface area contributed by atoms with Gasteiger partial charge in [0.25, 0.3) is 0 Å². The van der Waals surface area contributed by atoms with Crippen LogP contribution in [0.25, 0.3) is 49.8 Å². The van der Waals surface area contributed by atoms with E-state index >= 15 is 0 Å². The first-order chi connectivity index (χ1) is 32.4. The highest BCUT2D eigenvalue weighted by molar-refractivity contribution is 6.58. The average Bonchev–Trinajstić information content (AvgIpc) is 4.05. The number of nitrogens with two attached hydrogens (primary N) is 4. The molecule has 0 saturated heterocycles. The number of aromatic amines is 2. The normalized spacial score (nSPS) is 10.2. The first kappa shape index (κ1) is 53.6. The summed E-state index contributed by atoms with van der Waals surface area (Å²) >= 11 is 17.1. The molecule has 0 fully saturated rings. The molecule has 0 unspecified atom stereocenters. The van der Waals surface area contributed by atoms with Crippen molar-refractivity contribution in [2.75, 3.05) is 22.9 Å². The van der Waals surface area contributed by atoms with Crippen molar-refractivity contribution in [3.8, 4) is 5.69 Å². The van der Waals surface area contributed by atoms with Crippen LogP contribution in [0, 0.1) is 34.6 Å². The third-order valence-corrected chi connectivity index (χ3v) is 10.1. The van der Waals surface area contributed by atoms with Crippen LogP contribution in [0.4, 0.5) is 23.3 Å². The zero-order valence-corrected chi connectivity index (χ0v) is 41.7. The molecule has 0 amide bonds. The van der Waals surface area contributed by atoms with Crippen molar-refractivity contribution < 1.29 is 10.0 Å². The molecule has 0 spiro atoms. The summed E-state index contributed by atoms with van der Waals surface area (Å²) in [5.74, 6) is 2.54. The lowest BCUT2D eigenvalue weighted by molar-refractivity contribution is 0.426. The Balaban J connectivity index is 0.000000185. The zero-order chi connectivity index (χ0) is 50.4. The summed E-state index contributed by atoms with van der Waals surface area (Å²) in [4.78, 5) is 38.3. The standard InChI is InChI=1S/C13H11ClN4.C9H12N4.2C7H7ClN4.C6H7BO2.2C2H6/c1-8-7-18(9-5-3-2-4-6-9)12-10(8)11(15)16-13(14)17-12;1-5-4-13(3)9-7(5)8(10)11-6(2)12-9;2*1-3-2-10-6-4(3)5(9)11-7(8)12-6;8-7(9)6-4-2-1-3-5-6;2*1-2/h2-7H,1H3,(H2,15,16,17);4H,1-3H3,(H2,10,11,12);2*2H,1H3,(H3,9,10,11,12);1-5,8-9H;2*1-2H3. The van der Waals surface area contributed by atoms with Gasteiger partial charge in [0, 0.05) is 37.5 Å². The molecule has 12 N–H and O–H groups in total. The molecule has 68 heavy (non-hydrogen) atoms. The van der Waals surface area contributed by atoms with Crippen LogP contribution in [0.15, 0.2) is 85.5 Å². The third-order valence-electron chi connectivity index (χ3n) is 9.57. The zero-order valence-electron chi connectivity index (χ0n) is 39.5. The number of H-pyrrole nitrogens is 2. The van der Waals surface area contributed by atoms with E-state index in [1.54, 1.807) is 24.3 Å². The maximum absolute atomic E-state index is 8.58. The molecule has 0 aliphatic heterocycles. The minimum absolute atomic E-state index is 0.162. The van der Waals surface area contributed by atoms with E-state index in [4.69, 9.17) is 67.8 Å². The Morgan fingerprint density at radius 1 is 0.500 bits per heavy atom. The summed E-state index contributed by atoms with van der Waals surface area (Å²) < 4.78 is 3.93. The van der Waals surface area contributed by atoms with Crippen molar-refractivity contribution in [1.82, 2.24) is 59.0 Å². The van der Waals surface area contributed by atoms with Crippen LogP contribution in [0.2, 0.25) is 15.9 Å². The van der Waals surface area contributed by atoms with E-state index in [2.05, 4.69) is 49.8 Å². The van der Waals surface area contributed by atoms with Gasteiger partial charge in [-0.2, -0.15) is 15.0 Å². The van der Waals surface area contributed by atoms with E-state index in [9.17, 15) is 0 Å². The van der Waals surface area contributed by atoms with Gasteiger partial charge in [-0.05, 0) is 109 Å². The number of hydrogen-bond acceptors (Lipinski definition) is 14. The van der Waals surface area contributed by atoms with Crippen LogP contribution in [0.1, 0.15) is 55.8 Å². The molecule has 0 saturated carbocycles. The average molecular weight is 982 g/mol. The van der Waals surface area contributed by atoms with Crippen molar-refractivity contribution >= 4 is 115 Å². The maximum Gasteiger partial charge on any atom is 0.488 e. The summed E-state index contributed by atoms with van der Waals surface area (Å²) in [7, 11) is 0.618. The second-order valence-electron chi connectivity index (χ2n) is 14.3. The number of para-hydroxylation sites is 1. The highest BCUT2D eigenvalue weighted by Crippen LogP contribution is 2.28. The topological polar surface area (TPSA) is 289 Å². The molecule has 22 heteroatoms. The molecule has 10 aromatic rings. The highest BCUT2D eigenvalue weighted by atomic mass is 35.5. The van der Waals surface area contributed by atoms with Crippen molar-refractivity contribution in [2.45, 2.75) is 62.3 Å². The van der Waals surface area contributed by atoms with Gasteiger partial charge in [0.2, 0.25) is 15.9 Å². The molecular formula is C46H56BCl3N16O2. The van der Waals surface area contributed by atoms with Gasteiger partial charge in [-0.3, -0.25) is 0 Å². The Morgan fingerprint density at radius 2 is 0.912 bits per heavy atom. The van der Waals surface area contributed by atoms with Crippen molar-refractivity contribution in [3.05, 3.63) is 129 Å². The maximum atomic E-state index is 8.58. The lowest BCUT2D eigenvalue weighted by Gasteiger charge is -2.04. The van der Waals surface area contributed by atoms with Crippen molar-refractivity contribution in [3.63, 3.8) is 0 Å². The Bertz CT molecular complexity index is 3130. The largest absolute Gasteiger partial charge is 0.488 e. The highest BCUT2D eigenvalue weighted by Gasteiger charge is 2.14. The summed E-state index contributed by atoms with van der Waals surface area (Å²) in [6.45, 7) is 17.7. The van der Waals surface area contributed by atoms with Crippen LogP contribution in [0.5, 0.6) is 0 Å². The molecular weight excluding hydrogens is 926 g/mol. The fraction of sp³-hybridized carbons (Fsp3) is 0.217. The Kier molecular flexibility index (Phi) is 19.4. The molecule has 356 valence electrons. The van der Waals surface area contributed by atoms with Gasteiger partial charge in [0.1, 0.15) is 46.0 Å². The number of halogens is 3. The van der Waals surface area contributed by atoms with Crippen LogP contribution < -0.4 is 28.4 Å². The number of benzene rings is 2. The summed E-state index contributed by atoms with van der Waals surface area (Å²) in [6, 6.07) is 18.6. The second-order valence-corrected chi connectivity index (χ2v) is 15.3. The van der Waals surface area contributed by atoms with Gasteiger partial charge in [-0.25, -0.2) is 24.9 Å². The minimum atomic E-state index is -1.34. The third kappa shape index (κ3) is 13.1. The van der Waals surface area contributed by atoms with E-state index in [1.165, 1.54) is 0 Å². The van der Waals surface area contributed by atoms with E-state index in [1.807, 2.05) is 140 Å². The molecule has 8 heterocycles. The molecule has 0 aliphatic rings. The lowest BCUT2D eigenvalue weighted by Crippen LogP contribution is -2.29. The molecule has 0 bridgehead atoms. The van der Waals surface area contributed by atoms with Gasteiger partial charge < -0.3 is 52.1 Å². The predicted molar refractivity (Wildman–Crippen MR) is 280 cm³/mol. The van der Waals surface area contributed by atoms with E-state index in [-0.39, 0.29) is 15.9 Å². The summed E-state index contributed by atoms with van der Waals surface area (Å²) in [5, 5.41) is 21.2. The smallest absolute Gasteiger partial charge is 0.423 e. The number of hydrogen-bond donors (Lipinski definition) is 8. The summed E-state index contributed by atoms with van der Waals surface area (Å²) in [5.41, 5.74) is 31.8. The number of nitrogens with zero attached hydrogens (tertiary/aromatic N) is 10. The number of nitrogen functional groups attached to an aromatic ring is 4. The summed E-state index contributed by atoms with van der Waals surface area (Å²) in [6.07, 6.45) is 7.65. The van der Waals surface area contributed by atoms with Gasteiger partial charge in [-0.15, -0.1) is 0 Å². The molecule has 8 aromatic heterocycles. The molecule has 0 aliphatic carbocycles. The molecule has 0 radical (unpaired) electrons. The number of nitrogens with one attached hydrogen (secondary N) is 2. The quantitative estimate of drug-likeness (QED) is 0.0595. The van der Waals surface area contributed by atoms with Gasteiger partial charge in [0.05, 0.1) is 21.5 Å². The number of aryl methyl sites for hydroxylation is 6.